The number of benzene rings is 1. The molecular formula is C16H20N2O2S. The van der Waals surface area contributed by atoms with Gasteiger partial charge < -0.3 is 5.11 Å². The van der Waals surface area contributed by atoms with Gasteiger partial charge in [-0.15, -0.1) is 11.3 Å². The highest BCUT2D eigenvalue weighted by molar-refractivity contribution is 7.09. The van der Waals surface area contributed by atoms with Crippen LogP contribution >= 0.6 is 11.3 Å². The number of aliphatic carboxylic acids is 1. The van der Waals surface area contributed by atoms with E-state index in [0.29, 0.717) is 6.54 Å². The van der Waals surface area contributed by atoms with E-state index in [1.807, 2.05) is 35.7 Å². The van der Waals surface area contributed by atoms with Gasteiger partial charge in [-0.1, -0.05) is 51.1 Å². The number of hydrogen-bond acceptors (Lipinski definition) is 4. The van der Waals surface area contributed by atoms with Gasteiger partial charge >= 0.3 is 5.97 Å². The number of rotatable bonds is 5. The molecule has 1 aromatic heterocycles. The molecule has 112 valence electrons. The van der Waals surface area contributed by atoms with Crippen molar-refractivity contribution in [2.45, 2.75) is 38.8 Å². The molecule has 2 rings (SSSR count). The second-order valence-electron chi connectivity index (χ2n) is 5.96. The van der Waals surface area contributed by atoms with Gasteiger partial charge in [0, 0.05) is 17.3 Å². The maximum absolute atomic E-state index is 11.4. The number of nitrogens with one attached hydrogen (secondary N) is 1. The number of carboxylic acid groups (broad SMARTS) is 1. The molecule has 0 spiro atoms. The summed E-state index contributed by atoms with van der Waals surface area (Å²) in [5.41, 5.74) is 1.65. The molecule has 0 fully saturated rings. The summed E-state index contributed by atoms with van der Waals surface area (Å²) >= 11 is 1.61. The van der Waals surface area contributed by atoms with Crippen LogP contribution in [0.5, 0.6) is 0 Å². The zero-order chi connectivity index (χ0) is 15.5. The summed E-state index contributed by atoms with van der Waals surface area (Å²) < 4.78 is 0. The zero-order valence-electron chi connectivity index (χ0n) is 12.5. The maximum Gasteiger partial charge on any atom is 0.325 e. The van der Waals surface area contributed by atoms with Gasteiger partial charge in [-0.25, -0.2) is 4.98 Å². The molecular weight excluding hydrogens is 284 g/mol. The third kappa shape index (κ3) is 4.12. The molecule has 4 nitrogen and oxygen atoms in total. The van der Waals surface area contributed by atoms with Crippen molar-refractivity contribution in [3.8, 4) is 0 Å². The van der Waals surface area contributed by atoms with E-state index < -0.39 is 12.0 Å². The van der Waals surface area contributed by atoms with E-state index in [4.69, 9.17) is 0 Å². The van der Waals surface area contributed by atoms with Crippen LogP contribution in [0.1, 0.15) is 43.1 Å². The second kappa shape index (κ2) is 6.37. The Labute approximate surface area is 128 Å². The Morgan fingerprint density at radius 3 is 2.52 bits per heavy atom. The second-order valence-corrected chi connectivity index (χ2v) is 6.81. The van der Waals surface area contributed by atoms with Gasteiger partial charge in [-0.2, -0.15) is 0 Å². The molecule has 0 saturated heterocycles. The molecule has 1 atom stereocenters. The first kappa shape index (κ1) is 15.7. The zero-order valence-corrected chi connectivity index (χ0v) is 13.3. The fourth-order valence-electron chi connectivity index (χ4n) is 1.93. The molecule has 2 N–H and O–H groups in total. The molecule has 0 aliphatic carbocycles. The quantitative estimate of drug-likeness (QED) is 0.889. The van der Waals surface area contributed by atoms with Gasteiger partial charge in [0.15, 0.2) is 0 Å². The van der Waals surface area contributed by atoms with E-state index in [-0.39, 0.29) is 5.41 Å². The summed E-state index contributed by atoms with van der Waals surface area (Å²) in [6.07, 6.45) is 0. The molecule has 2 aromatic rings. The number of carbonyl (C=O) groups is 1. The molecule has 0 aliphatic heterocycles. The van der Waals surface area contributed by atoms with Crippen molar-refractivity contribution in [1.29, 1.82) is 0 Å². The lowest BCUT2D eigenvalue weighted by Gasteiger charge is -2.15. The van der Waals surface area contributed by atoms with Crippen molar-refractivity contribution in [1.82, 2.24) is 10.3 Å². The first-order valence-corrected chi connectivity index (χ1v) is 7.72. The summed E-state index contributed by atoms with van der Waals surface area (Å²) in [4.78, 5) is 16.0. The topological polar surface area (TPSA) is 62.2 Å². The number of aromatic nitrogens is 1. The number of thiazole rings is 1. The highest BCUT2D eigenvalue weighted by atomic mass is 32.1. The van der Waals surface area contributed by atoms with Crippen LogP contribution in [0, 0.1) is 0 Å². The molecule has 0 bridgehead atoms. The van der Waals surface area contributed by atoms with Crippen molar-refractivity contribution in [2.24, 2.45) is 0 Å². The predicted octanol–water partition coefficient (Wildman–Crippen LogP) is 3.36. The third-order valence-electron chi connectivity index (χ3n) is 3.06. The SMILES string of the molecule is CC(C)(C)c1nc(CNC(C(=O)O)c2ccccc2)cs1. The number of hydrogen-bond donors (Lipinski definition) is 2. The van der Waals surface area contributed by atoms with Crippen LogP contribution in [-0.4, -0.2) is 16.1 Å². The number of nitrogens with zero attached hydrogens (tertiary/aromatic N) is 1. The first-order valence-electron chi connectivity index (χ1n) is 6.84. The van der Waals surface area contributed by atoms with Gasteiger partial charge in [0.1, 0.15) is 6.04 Å². The summed E-state index contributed by atoms with van der Waals surface area (Å²) in [5, 5.41) is 15.5. The predicted molar refractivity (Wildman–Crippen MR) is 84.5 cm³/mol. The summed E-state index contributed by atoms with van der Waals surface area (Å²) in [7, 11) is 0. The van der Waals surface area contributed by atoms with Gasteiger partial charge in [0.05, 0.1) is 10.7 Å². The lowest BCUT2D eigenvalue weighted by Crippen LogP contribution is -2.28. The van der Waals surface area contributed by atoms with Crippen molar-refractivity contribution < 1.29 is 9.90 Å². The van der Waals surface area contributed by atoms with Crippen LogP contribution in [0.2, 0.25) is 0 Å². The molecule has 0 saturated carbocycles. The molecule has 21 heavy (non-hydrogen) atoms. The Bertz CT molecular complexity index is 602. The molecule has 1 unspecified atom stereocenters. The van der Waals surface area contributed by atoms with E-state index in [9.17, 15) is 9.90 Å². The van der Waals surface area contributed by atoms with E-state index in [1.54, 1.807) is 11.3 Å². The minimum atomic E-state index is -0.882. The largest absolute Gasteiger partial charge is 0.480 e. The standard InChI is InChI=1S/C16H20N2O2S/c1-16(2,3)15-18-12(10-21-15)9-17-13(14(19)20)11-7-5-4-6-8-11/h4-8,10,13,17H,9H2,1-3H3,(H,19,20). The molecule has 0 aliphatic rings. The van der Waals surface area contributed by atoms with Crippen molar-refractivity contribution in [3.63, 3.8) is 0 Å². The average molecular weight is 304 g/mol. The fraction of sp³-hybridized carbons (Fsp3) is 0.375. The normalized spacial score (nSPS) is 13.1. The van der Waals surface area contributed by atoms with Gasteiger partial charge in [-0.05, 0) is 5.56 Å². The molecule has 1 heterocycles. The van der Waals surface area contributed by atoms with Crippen LogP contribution in [-0.2, 0) is 16.8 Å². The summed E-state index contributed by atoms with van der Waals surface area (Å²) in [6, 6.07) is 8.46. The van der Waals surface area contributed by atoms with Crippen LogP contribution in [0.15, 0.2) is 35.7 Å². The number of carboxylic acids is 1. The third-order valence-corrected chi connectivity index (χ3v) is 4.38. The van der Waals surface area contributed by atoms with E-state index in [0.717, 1.165) is 16.3 Å². The van der Waals surface area contributed by atoms with Crippen molar-refractivity contribution >= 4 is 17.3 Å². The highest BCUT2D eigenvalue weighted by Gasteiger charge is 2.21. The highest BCUT2D eigenvalue weighted by Crippen LogP contribution is 2.25. The Morgan fingerprint density at radius 2 is 2.00 bits per heavy atom. The smallest absolute Gasteiger partial charge is 0.325 e. The van der Waals surface area contributed by atoms with Crippen LogP contribution < -0.4 is 5.32 Å². The van der Waals surface area contributed by atoms with Crippen LogP contribution in [0.4, 0.5) is 0 Å². The molecule has 0 amide bonds. The van der Waals surface area contributed by atoms with Crippen LogP contribution in [0.25, 0.3) is 0 Å². The Morgan fingerprint density at radius 1 is 1.33 bits per heavy atom. The molecule has 1 aromatic carbocycles. The van der Waals surface area contributed by atoms with Crippen molar-refractivity contribution in [3.05, 3.63) is 52.0 Å². The Balaban J connectivity index is 2.06. The Kier molecular flexibility index (Phi) is 4.75. The molecule has 5 heteroatoms. The minimum Gasteiger partial charge on any atom is -0.480 e. The van der Waals surface area contributed by atoms with Gasteiger partial charge in [0.25, 0.3) is 0 Å². The lowest BCUT2D eigenvalue weighted by atomic mass is 9.98. The van der Waals surface area contributed by atoms with E-state index in [1.165, 1.54) is 0 Å². The summed E-state index contributed by atoms with van der Waals surface area (Å²) in [6.45, 7) is 6.80. The van der Waals surface area contributed by atoms with Gasteiger partial charge in [-0.3, -0.25) is 10.1 Å². The monoisotopic (exact) mass is 304 g/mol. The van der Waals surface area contributed by atoms with E-state index in [2.05, 4.69) is 31.1 Å². The lowest BCUT2D eigenvalue weighted by molar-refractivity contribution is -0.139. The molecule has 0 radical (unpaired) electrons. The first-order chi connectivity index (χ1) is 9.88. The van der Waals surface area contributed by atoms with Crippen molar-refractivity contribution in [2.75, 3.05) is 0 Å². The average Bonchev–Trinajstić information content (AvgIpc) is 2.88. The Hall–Kier alpha value is -1.72. The maximum atomic E-state index is 11.4. The minimum absolute atomic E-state index is 0.0224. The fourth-order valence-corrected chi connectivity index (χ4v) is 2.84. The summed E-state index contributed by atoms with van der Waals surface area (Å²) in [5.74, 6) is -0.882. The van der Waals surface area contributed by atoms with E-state index >= 15 is 0 Å². The van der Waals surface area contributed by atoms with Gasteiger partial charge in [0.2, 0.25) is 0 Å². The van der Waals surface area contributed by atoms with Crippen LogP contribution in [0.3, 0.4) is 0 Å².